The Hall–Kier alpha value is -2.50. The second-order valence-electron chi connectivity index (χ2n) is 7.28. The van der Waals surface area contributed by atoms with Gasteiger partial charge in [0.15, 0.2) is 0 Å². The van der Waals surface area contributed by atoms with E-state index in [9.17, 15) is 0 Å². The summed E-state index contributed by atoms with van der Waals surface area (Å²) in [5, 5.41) is 3.41. The third-order valence-corrected chi connectivity index (χ3v) is 4.19. The maximum Gasteiger partial charge on any atom is 0.142 e. The van der Waals surface area contributed by atoms with Crippen LogP contribution in [0.2, 0.25) is 0 Å². The van der Waals surface area contributed by atoms with Crippen LogP contribution in [0.4, 0.5) is 17.3 Å². The lowest BCUT2D eigenvalue weighted by Crippen LogP contribution is -2.47. The predicted molar refractivity (Wildman–Crippen MR) is 103 cm³/mol. The smallest absolute Gasteiger partial charge is 0.142 e. The molecule has 1 fully saturated rings. The molecule has 134 valence electrons. The van der Waals surface area contributed by atoms with E-state index in [2.05, 4.69) is 58.0 Å². The molecule has 0 amide bonds. The van der Waals surface area contributed by atoms with Gasteiger partial charge in [0.1, 0.15) is 23.7 Å². The van der Waals surface area contributed by atoms with Crippen LogP contribution >= 0.6 is 0 Å². The number of rotatable bonds is 4. The number of aromatic nitrogens is 2. The Kier molecular flexibility index (Phi) is 4.97. The lowest BCUT2D eigenvalue weighted by Gasteiger charge is -2.37. The highest BCUT2D eigenvalue weighted by Crippen LogP contribution is 2.29. The van der Waals surface area contributed by atoms with Crippen molar-refractivity contribution in [1.29, 1.82) is 0 Å². The van der Waals surface area contributed by atoms with Crippen molar-refractivity contribution in [3.63, 3.8) is 0 Å². The average Bonchev–Trinajstić information content (AvgIpc) is 2.60. The van der Waals surface area contributed by atoms with Gasteiger partial charge >= 0.3 is 0 Å². The maximum absolute atomic E-state index is 5.49. The van der Waals surface area contributed by atoms with E-state index in [0.717, 1.165) is 49.3 Å². The normalized spacial score (nSPS) is 15.2. The van der Waals surface area contributed by atoms with Gasteiger partial charge in [0.2, 0.25) is 0 Å². The lowest BCUT2D eigenvalue weighted by molar-refractivity contribution is 0.413. The van der Waals surface area contributed by atoms with Crippen molar-refractivity contribution in [2.45, 2.75) is 26.3 Å². The van der Waals surface area contributed by atoms with E-state index in [1.54, 1.807) is 13.4 Å². The molecule has 0 saturated carbocycles. The number of nitrogens with zero attached hydrogens (tertiary/aromatic N) is 4. The Morgan fingerprint density at radius 1 is 1.00 bits per heavy atom. The van der Waals surface area contributed by atoms with Crippen LogP contribution in [0.15, 0.2) is 36.7 Å². The van der Waals surface area contributed by atoms with Crippen molar-refractivity contribution >= 4 is 17.3 Å². The SMILES string of the molecule is COc1ccccc1N1CCN(c2cc(NC(C)(C)C)ncn2)CC1. The predicted octanol–water partition coefficient (Wildman–Crippen LogP) is 3.02. The van der Waals surface area contributed by atoms with Gasteiger partial charge in [-0.3, -0.25) is 0 Å². The first-order valence-corrected chi connectivity index (χ1v) is 8.69. The zero-order valence-corrected chi connectivity index (χ0v) is 15.5. The molecule has 0 unspecified atom stereocenters. The highest BCUT2D eigenvalue weighted by molar-refractivity contribution is 5.60. The number of benzene rings is 1. The summed E-state index contributed by atoms with van der Waals surface area (Å²) in [4.78, 5) is 13.5. The average molecular weight is 341 g/mol. The Labute approximate surface area is 149 Å². The minimum Gasteiger partial charge on any atom is -0.495 e. The van der Waals surface area contributed by atoms with Crippen LogP contribution in [0.3, 0.4) is 0 Å². The molecular formula is C19H27N5O. The number of hydrogen-bond acceptors (Lipinski definition) is 6. The highest BCUT2D eigenvalue weighted by Gasteiger charge is 2.21. The summed E-state index contributed by atoms with van der Waals surface area (Å²) in [5.41, 5.74) is 1.14. The number of anilines is 3. The van der Waals surface area contributed by atoms with Crippen LogP contribution in [-0.2, 0) is 0 Å². The summed E-state index contributed by atoms with van der Waals surface area (Å²) in [5.74, 6) is 2.76. The van der Waals surface area contributed by atoms with Crippen molar-refractivity contribution in [3.8, 4) is 5.75 Å². The summed E-state index contributed by atoms with van der Waals surface area (Å²) in [7, 11) is 1.72. The summed E-state index contributed by atoms with van der Waals surface area (Å²) in [6.45, 7) is 10.1. The molecule has 1 N–H and O–H groups in total. The number of nitrogens with one attached hydrogen (secondary N) is 1. The van der Waals surface area contributed by atoms with Gasteiger partial charge in [0, 0.05) is 37.8 Å². The third kappa shape index (κ3) is 4.32. The van der Waals surface area contributed by atoms with Crippen LogP contribution in [0, 0.1) is 0 Å². The fourth-order valence-corrected chi connectivity index (χ4v) is 3.04. The first-order valence-electron chi connectivity index (χ1n) is 8.69. The summed E-state index contributed by atoms with van der Waals surface area (Å²) in [6.07, 6.45) is 1.63. The standard InChI is InChI=1S/C19H27N5O/c1-19(2,3)22-17-13-18(21-14-20-17)24-11-9-23(10-12-24)15-7-5-6-8-16(15)25-4/h5-8,13-14H,9-12H2,1-4H3,(H,20,21,22). The summed E-state index contributed by atoms with van der Waals surface area (Å²) >= 11 is 0. The van der Waals surface area contributed by atoms with Crippen molar-refractivity contribution in [2.24, 2.45) is 0 Å². The molecule has 6 nitrogen and oxygen atoms in total. The van der Waals surface area contributed by atoms with E-state index < -0.39 is 0 Å². The van der Waals surface area contributed by atoms with Crippen molar-refractivity contribution in [2.75, 3.05) is 48.4 Å². The summed E-state index contributed by atoms with van der Waals surface area (Å²) in [6, 6.07) is 10.2. The monoisotopic (exact) mass is 341 g/mol. The molecule has 2 heterocycles. The van der Waals surface area contributed by atoms with Crippen molar-refractivity contribution < 1.29 is 4.74 Å². The molecule has 1 saturated heterocycles. The van der Waals surface area contributed by atoms with Gasteiger partial charge in [0.05, 0.1) is 12.8 Å². The van der Waals surface area contributed by atoms with E-state index in [1.165, 1.54) is 0 Å². The van der Waals surface area contributed by atoms with E-state index in [-0.39, 0.29) is 5.54 Å². The van der Waals surface area contributed by atoms with Gasteiger partial charge in [-0.25, -0.2) is 9.97 Å². The van der Waals surface area contributed by atoms with Crippen LogP contribution in [0.5, 0.6) is 5.75 Å². The zero-order valence-electron chi connectivity index (χ0n) is 15.5. The molecule has 6 heteroatoms. The number of methoxy groups -OCH3 is 1. The van der Waals surface area contributed by atoms with Crippen LogP contribution in [0.1, 0.15) is 20.8 Å². The third-order valence-electron chi connectivity index (χ3n) is 4.19. The van der Waals surface area contributed by atoms with Gasteiger partial charge in [-0.2, -0.15) is 0 Å². The van der Waals surface area contributed by atoms with Gasteiger partial charge < -0.3 is 19.9 Å². The molecule has 0 atom stereocenters. The van der Waals surface area contributed by atoms with E-state index >= 15 is 0 Å². The largest absolute Gasteiger partial charge is 0.495 e. The van der Waals surface area contributed by atoms with E-state index in [0.29, 0.717) is 0 Å². The molecule has 1 aromatic carbocycles. The quantitative estimate of drug-likeness (QED) is 0.922. The number of ether oxygens (including phenoxy) is 1. The molecule has 0 spiro atoms. The molecule has 1 aliphatic rings. The number of piperazine rings is 1. The zero-order chi connectivity index (χ0) is 17.9. The van der Waals surface area contributed by atoms with Crippen LogP contribution in [0.25, 0.3) is 0 Å². The minimum absolute atomic E-state index is 0.0197. The fourth-order valence-electron chi connectivity index (χ4n) is 3.04. The topological polar surface area (TPSA) is 53.5 Å². The second kappa shape index (κ2) is 7.17. The minimum atomic E-state index is -0.0197. The van der Waals surface area contributed by atoms with E-state index in [1.807, 2.05) is 18.2 Å². The molecule has 3 rings (SSSR count). The van der Waals surface area contributed by atoms with Crippen molar-refractivity contribution in [3.05, 3.63) is 36.7 Å². The van der Waals surface area contributed by atoms with Gasteiger partial charge in [0.25, 0.3) is 0 Å². The second-order valence-corrected chi connectivity index (χ2v) is 7.28. The lowest BCUT2D eigenvalue weighted by atomic mass is 10.1. The van der Waals surface area contributed by atoms with Gasteiger partial charge in [-0.05, 0) is 32.9 Å². The first-order chi connectivity index (χ1) is 12.0. The van der Waals surface area contributed by atoms with Crippen molar-refractivity contribution in [1.82, 2.24) is 9.97 Å². The van der Waals surface area contributed by atoms with Gasteiger partial charge in [-0.1, -0.05) is 12.1 Å². The fraction of sp³-hybridized carbons (Fsp3) is 0.474. The van der Waals surface area contributed by atoms with Gasteiger partial charge in [-0.15, -0.1) is 0 Å². The molecule has 1 aliphatic heterocycles. The molecule has 2 aromatic rings. The van der Waals surface area contributed by atoms with Crippen LogP contribution < -0.4 is 19.9 Å². The molecule has 0 bridgehead atoms. The number of hydrogen-bond donors (Lipinski definition) is 1. The molecule has 25 heavy (non-hydrogen) atoms. The first kappa shape index (κ1) is 17.3. The molecular weight excluding hydrogens is 314 g/mol. The Balaban J connectivity index is 1.67. The Morgan fingerprint density at radius 2 is 1.68 bits per heavy atom. The Bertz CT molecular complexity index is 705. The number of para-hydroxylation sites is 2. The van der Waals surface area contributed by atoms with E-state index in [4.69, 9.17) is 4.74 Å². The maximum atomic E-state index is 5.49. The molecule has 0 aliphatic carbocycles. The van der Waals surface area contributed by atoms with Crippen LogP contribution in [-0.4, -0.2) is 48.8 Å². The highest BCUT2D eigenvalue weighted by atomic mass is 16.5. The Morgan fingerprint density at radius 3 is 2.36 bits per heavy atom. The molecule has 0 radical (unpaired) electrons. The molecule has 1 aromatic heterocycles. The summed E-state index contributed by atoms with van der Waals surface area (Å²) < 4.78 is 5.49.